The predicted octanol–water partition coefficient (Wildman–Crippen LogP) is 9.28. The largest absolute Gasteiger partial charge is 0.385 e. The zero-order valence-electron chi connectivity index (χ0n) is 25.7. The number of Topliss-reactive ketones (excluding diaryl/α,β-unsaturated/α-hetero) is 2. The van der Waals surface area contributed by atoms with Crippen molar-refractivity contribution in [3.8, 4) is 0 Å². The summed E-state index contributed by atoms with van der Waals surface area (Å²) in [6.45, 7) is 1.79. The van der Waals surface area contributed by atoms with Crippen LogP contribution in [0.1, 0.15) is 64.7 Å². The van der Waals surface area contributed by atoms with Crippen molar-refractivity contribution in [2.24, 2.45) is 5.41 Å². The van der Waals surface area contributed by atoms with Crippen molar-refractivity contribution < 1.29 is 89.6 Å². The highest BCUT2D eigenvalue weighted by Gasteiger charge is 2.97. The van der Waals surface area contributed by atoms with Gasteiger partial charge in [-0.2, -0.15) is 70.2 Å². The molecule has 2 rings (SSSR count). The summed E-state index contributed by atoms with van der Waals surface area (Å²) in [5.41, 5.74) is -7.56. The number of carbonyl (C=O) groups excluding carboxylic acids is 3. The van der Waals surface area contributed by atoms with Crippen molar-refractivity contribution in [2.45, 2.75) is 112 Å². The van der Waals surface area contributed by atoms with Crippen LogP contribution in [0.2, 0.25) is 0 Å². The number of amides is 1. The van der Waals surface area contributed by atoms with Crippen LogP contribution in [0.4, 0.5) is 81.6 Å². The zero-order chi connectivity index (χ0) is 39.9. The van der Waals surface area contributed by atoms with E-state index in [1.165, 1.54) is 0 Å². The van der Waals surface area contributed by atoms with E-state index in [9.17, 15) is 77.2 Å². The number of nitrogens with zero attached hydrogens (tertiary/aromatic N) is 1. The first-order valence-corrected chi connectivity index (χ1v) is 14.6. The van der Waals surface area contributed by atoms with Crippen LogP contribution in [-0.4, -0.2) is 69.8 Å². The average Bonchev–Trinajstić information content (AvgIpc) is 3.02. The summed E-state index contributed by atoms with van der Waals surface area (Å²) in [5, 5.41) is 12.0. The quantitative estimate of drug-likeness (QED) is 0.0750. The number of halogens is 16. The molecule has 51 heavy (non-hydrogen) atoms. The first kappa shape index (κ1) is 43.5. The third-order valence-corrected chi connectivity index (χ3v) is 8.23. The number of nitro groups is 1. The van der Waals surface area contributed by atoms with Crippen LogP contribution in [0.3, 0.4) is 0 Å². The van der Waals surface area contributed by atoms with Crippen molar-refractivity contribution in [3.63, 3.8) is 0 Å². The highest BCUT2D eigenvalue weighted by atomic mass is 19.4. The second-order valence-electron chi connectivity index (χ2n) is 11.6. The smallest absolute Gasteiger partial charge is 0.325 e. The first-order chi connectivity index (χ1) is 22.9. The number of carbonyl (C=O) groups is 3. The molecule has 290 valence electrons. The standard InChI is InChI=1S/C28H26F16N2O5/c1-2-3-4-5-6-7-8-9-14-20(19(49)45-15-10-12-16(13-11-15)46(50)51)17(47)21(29,30)23(33,34)25(37,38)27(41,42)28(43,44)26(39,40)24(35,36)22(31,32)18(20)48/h10-13H,2-9,14H2,1H3,(H,45,49). The molecule has 1 aromatic carbocycles. The fourth-order valence-electron chi connectivity index (χ4n) is 5.08. The van der Waals surface area contributed by atoms with E-state index in [0.29, 0.717) is 49.9 Å². The second kappa shape index (κ2) is 14.0. The van der Waals surface area contributed by atoms with Gasteiger partial charge in [0, 0.05) is 17.8 Å². The van der Waals surface area contributed by atoms with Crippen molar-refractivity contribution in [1.82, 2.24) is 0 Å². The normalized spacial score (nSPS) is 23.9. The Bertz CT molecular complexity index is 1420. The maximum atomic E-state index is 15.3. The molecule has 1 aliphatic rings. The van der Waals surface area contributed by atoms with Crippen LogP contribution < -0.4 is 5.32 Å². The van der Waals surface area contributed by atoms with Gasteiger partial charge >= 0.3 is 47.4 Å². The van der Waals surface area contributed by atoms with Crippen LogP contribution >= 0.6 is 0 Å². The van der Waals surface area contributed by atoms with E-state index in [-0.39, 0.29) is 12.8 Å². The van der Waals surface area contributed by atoms with Gasteiger partial charge < -0.3 is 5.32 Å². The van der Waals surface area contributed by atoms with E-state index in [1.807, 2.05) is 0 Å². The van der Waals surface area contributed by atoms with Gasteiger partial charge in [0.05, 0.1) is 4.92 Å². The Hall–Kier alpha value is -3.69. The summed E-state index contributed by atoms with van der Waals surface area (Å²) in [5.74, 6) is -79.7. The highest BCUT2D eigenvalue weighted by Crippen LogP contribution is 2.66. The molecular weight excluding hydrogens is 748 g/mol. The molecular formula is C28H26F16N2O5. The van der Waals surface area contributed by atoms with E-state index < -0.39 is 106 Å². The van der Waals surface area contributed by atoms with Gasteiger partial charge in [-0.3, -0.25) is 24.5 Å². The molecule has 0 bridgehead atoms. The molecule has 0 heterocycles. The van der Waals surface area contributed by atoms with Gasteiger partial charge in [0.2, 0.25) is 17.5 Å². The summed E-state index contributed by atoms with van der Waals surface area (Å²) in [4.78, 5) is 49.4. The van der Waals surface area contributed by atoms with Crippen LogP contribution in [0.25, 0.3) is 0 Å². The van der Waals surface area contributed by atoms with Crippen LogP contribution in [0.15, 0.2) is 24.3 Å². The molecule has 1 fully saturated rings. The Morgan fingerprint density at radius 2 is 0.922 bits per heavy atom. The summed E-state index contributed by atoms with van der Waals surface area (Å²) in [6.07, 6.45) is -1.87. The number of ketones is 2. The molecule has 0 saturated heterocycles. The van der Waals surface area contributed by atoms with Crippen molar-refractivity contribution in [3.05, 3.63) is 34.4 Å². The van der Waals surface area contributed by atoms with Gasteiger partial charge in [-0.1, -0.05) is 58.3 Å². The van der Waals surface area contributed by atoms with Gasteiger partial charge in [0.15, 0.2) is 5.41 Å². The van der Waals surface area contributed by atoms with Gasteiger partial charge in [-0.05, 0) is 18.6 Å². The Labute approximate surface area is 276 Å². The Morgan fingerprint density at radius 3 is 1.27 bits per heavy atom. The number of anilines is 1. The zero-order valence-corrected chi connectivity index (χ0v) is 25.7. The number of nitrogens with one attached hydrogen (secondary N) is 1. The minimum Gasteiger partial charge on any atom is -0.325 e. The third kappa shape index (κ3) is 6.50. The van der Waals surface area contributed by atoms with E-state index in [1.54, 1.807) is 6.92 Å². The fraction of sp³-hybridized carbons (Fsp3) is 0.679. The van der Waals surface area contributed by atoms with Crippen molar-refractivity contribution in [1.29, 1.82) is 0 Å². The highest BCUT2D eigenvalue weighted by molar-refractivity contribution is 6.30. The Balaban J connectivity index is 3.03. The van der Waals surface area contributed by atoms with Gasteiger partial charge in [0.1, 0.15) is 0 Å². The maximum absolute atomic E-state index is 15.3. The molecule has 1 aliphatic carbocycles. The van der Waals surface area contributed by atoms with Gasteiger partial charge in [-0.15, -0.1) is 0 Å². The molecule has 0 radical (unpaired) electrons. The molecule has 0 unspecified atom stereocenters. The number of rotatable bonds is 12. The topological polar surface area (TPSA) is 106 Å². The Kier molecular flexibility index (Phi) is 12.0. The molecule has 0 aromatic heterocycles. The lowest BCUT2D eigenvalue weighted by molar-refractivity contribution is -0.446. The lowest BCUT2D eigenvalue weighted by atomic mass is 9.68. The van der Waals surface area contributed by atoms with E-state index in [0.717, 1.165) is 5.32 Å². The lowest BCUT2D eigenvalue weighted by Gasteiger charge is -2.42. The lowest BCUT2D eigenvalue weighted by Crippen LogP contribution is -2.75. The molecule has 23 heteroatoms. The van der Waals surface area contributed by atoms with Crippen molar-refractivity contribution >= 4 is 28.8 Å². The SMILES string of the molecule is CCCCCCCCCCC1(C(=O)Nc2ccc([N+](=O)[O-])cc2)C(=O)C(F)(F)C(F)(F)C(F)(F)C(F)(F)C(F)(F)C(F)(F)C(F)(F)C(F)(F)C1=O. The minimum absolute atomic E-state index is 0.139. The fourth-order valence-corrected chi connectivity index (χ4v) is 5.08. The van der Waals surface area contributed by atoms with E-state index in [2.05, 4.69) is 0 Å². The van der Waals surface area contributed by atoms with Gasteiger partial charge in [-0.25, -0.2) is 0 Å². The number of unbranched alkanes of at least 4 members (excludes halogenated alkanes) is 7. The minimum atomic E-state index is -8.81. The van der Waals surface area contributed by atoms with Gasteiger partial charge in [0.25, 0.3) is 5.69 Å². The molecule has 0 spiro atoms. The number of benzene rings is 1. The predicted molar refractivity (Wildman–Crippen MR) is 141 cm³/mol. The number of hydrogen-bond acceptors (Lipinski definition) is 5. The number of hydrogen-bond donors (Lipinski definition) is 1. The molecule has 1 N–H and O–H groups in total. The molecule has 1 saturated carbocycles. The molecule has 0 atom stereocenters. The first-order valence-electron chi connectivity index (χ1n) is 14.6. The number of non-ortho nitro benzene ring substituents is 1. The molecule has 7 nitrogen and oxygen atoms in total. The monoisotopic (exact) mass is 774 g/mol. The number of alkyl halides is 16. The van der Waals surface area contributed by atoms with Crippen LogP contribution in [0, 0.1) is 15.5 Å². The molecule has 1 amide bonds. The van der Waals surface area contributed by atoms with Crippen LogP contribution in [0.5, 0.6) is 0 Å². The average molecular weight is 774 g/mol. The third-order valence-electron chi connectivity index (χ3n) is 8.23. The molecule has 0 aliphatic heterocycles. The second-order valence-corrected chi connectivity index (χ2v) is 11.6. The summed E-state index contributed by atoms with van der Waals surface area (Å²) >= 11 is 0. The maximum Gasteiger partial charge on any atom is 0.385 e. The van der Waals surface area contributed by atoms with Crippen LogP contribution in [-0.2, 0) is 14.4 Å². The Morgan fingerprint density at radius 1 is 0.588 bits per heavy atom. The number of nitro benzene ring substituents is 1. The molecule has 1 aromatic rings. The van der Waals surface area contributed by atoms with E-state index in [4.69, 9.17) is 0 Å². The van der Waals surface area contributed by atoms with E-state index >= 15 is 17.6 Å². The summed E-state index contributed by atoms with van der Waals surface area (Å²) in [7, 11) is 0. The summed E-state index contributed by atoms with van der Waals surface area (Å²) < 4.78 is 235. The summed E-state index contributed by atoms with van der Waals surface area (Å²) in [6, 6.07) is 1.59. The van der Waals surface area contributed by atoms with Crippen molar-refractivity contribution in [2.75, 3.05) is 5.32 Å².